The molecule has 0 saturated heterocycles. The molecule has 30 heavy (non-hydrogen) atoms. The fourth-order valence-electron chi connectivity index (χ4n) is 2.80. The number of benzene rings is 2. The third-order valence-electron chi connectivity index (χ3n) is 4.19. The Labute approximate surface area is 180 Å². The van der Waals surface area contributed by atoms with Crippen LogP contribution in [0.1, 0.15) is 21.6 Å². The van der Waals surface area contributed by atoms with Crippen LogP contribution < -0.4 is 15.0 Å². The largest absolute Gasteiger partial charge is 0.496 e. The van der Waals surface area contributed by atoms with Crippen LogP contribution >= 0.6 is 11.3 Å². The smallest absolute Gasteiger partial charge is 0.273 e. The number of amides is 1. The van der Waals surface area contributed by atoms with E-state index in [1.54, 1.807) is 36.9 Å². The summed E-state index contributed by atoms with van der Waals surface area (Å²) < 4.78 is 25.3. The molecular formula is C20H18N4O4S2. The first kappa shape index (κ1) is 21.4. The van der Waals surface area contributed by atoms with Crippen LogP contribution in [0.25, 0.3) is 0 Å². The first-order valence-corrected chi connectivity index (χ1v) is 10.9. The van der Waals surface area contributed by atoms with Gasteiger partial charge in [0, 0.05) is 11.3 Å². The monoisotopic (exact) mass is 442 g/mol. The van der Waals surface area contributed by atoms with Gasteiger partial charge in [0.25, 0.3) is 5.91 Å². The lowest BCUT2D eigenvalue weighted by Crippen LogP contribution is -2.29. The van der Waals surface area contributed by atoms with Crippen LogP contribution in [0.3, 0.4) is 0 Å². The summed E-state index contributed by atoms with van der Waals surface area (Å²) in [5, 5.41) is 12.0. The molecule has 0 saturated carbocycles. The number of methoxy groups -OCH3 is 1. The molecule has 0 bridgehead atoms. The predicted molar refractivity (Wildman–Crippen MR) is 115 cm³/mol. The number of nitrogens with zero attached hydrogens (tertiary/aromatic N) is 3. The summed E-state index contributed by atoms with van der Waals surface area (Å²) in [5.74, 6) is -0.242. The molecule has 0 aliphatic rings. The Morgan fingerprint density at radius 1 is 1.30 bits per heavy atom. The minimum absolute atomic E-state index is 0.143. The highest BCUT2D eigenvalue weighted by Gasteiger charge is 2.23. The van der Waals surface area contributed by atoms with Crippen LogP contribution in [-0.2, 0) is 17.6 Å². The maximum absolute atomic E-state index is 12.5. The molecule has 1 heterocycles. The van der Waals surface area contributed by atoms with E-state index in [0.717, 1.165) is 11.3 Å². The minimum atomic E-state index is -2.16. The highest BCUT2D eigenvalue weighted by Crippen LogP contribution is 2.35. The summed E-state index contributed by atoms with van der Waals surface area (Å²) in [6, 6.07) is 16.6. The summed E-state index contributed by atoms with van der Waals surface area (Å²) >= 11 is -0.890. The number of hydrogen-bond donors (Lipinski definition) is 2. The van der Waals surface area contributed by atoms with Gasteiger partial charge in [-0.3, -0.25) is 4.79 Å². The quantitative estimate of drug-likeness (QED) is 0.514. The third kappa shape index (κ3) is 5.01. The zero-order valence-electron chi connectivity index (χ0n) is 15.9. The normalized spacial score (nSPS) is 11.4. The molecule has 3 aromatic rings. The first-order chi connectivity index (χ1) is 14.5. The highest BCUT2D eigenvalue weighted by atomic mass is 32.2. The number of carbonyl (C=O) groups excluding carboxylic acids is 1. The second kappa shape index (κ2) is 9.98. The second-order valence-electron chi connectivity index (χ2n) is 6.03. The first-order valence-electron chi connectivity index (χ1n) is 8.72. The summed E-state index contributed by atoms with van der Waals surface area (Å²) in [7, 11) is 1.59. The molecule has 3 rings (SSSR count). The maximum Gasteiger partial charge on any atom is 0.273 e. The number of nitrogens with one attached hydrogen (secondary N) is 1. The van der Waals surface area contributed by atoms with E-state index in [9.17, 15) is 9.00 Å². The van der Waals surface area contributed by atoms with E-state index in [1.165, 1.54) is 11.3 Å². The number of nitriles is 1. The Morgan fingerprint density at radius 2 is 2.03 bits per heavy atom. The molecule has 1 atom stereocenters. The Kier molecular flexibility index (Phi) is 7.13. The minimum Gasteiger partial charge on any atom is -0.496 e. The standard InChI is InChI=1S/C20H18N4O4S2/c1-28-17-5-3-2-4-15(17)11-24(16-8-6-14(10-21)7-9-16)20-18(22-12-29-20)19(25)23-13-30(26)27/h2-9,12H,11,13H2,1H3,(H,23,25)(H,26,27). The number of rotatable bonds is 8. The Morgan fingerprint density at radius 3 is 2.70 bits per heavy atom. The molecule has 0 radical (unpaired) electrons. The Balaban J connectivity index is 2.02. The topological polar surface area (TPSA) is 116 Å². The van der Waals surface area contributed by atoms with Crippen molar-refractivity contribution in [3.8, 4) is 11.8 Å². The van der Waals surface area contributed by atoms with Crippen molar-refractivity contribution in [1.82, 2.24) is 10.3 Å². The van der Waals surface area contributed by atoms with E-state index in [2.05, 4.69) is 16.4 Å². The van der Waals surface area contributed by atoms with Crippen LogP contribution in [0.5, 0.6) is 5.75 Å². The number of carbonyl (C=O) groups is 1. The number of para-hydroxylation sites is 1. The number of thiazole rings is 1. The summed E-state index contributed by atoms with van der Waals surface area (Å²) in [5.41, 5.74) is 3.84. The van der Waals surface area contributed by atoms with Crippen molar-refractivity contribution < 1.29 is 18.3 Å². The molecule has 2 N–H and O–H groups in total. The Bertz CT molecular complexity index is 1090. The van der Waals surface area contributed by atoms with E-state index >= 15 is 0 Å². The highest BCUT2D eigenvalue weighted by molar-refractivity contribution is 7.79. The van der Waals surface area contributed by atoms with Gasteiger partial charge in [-0.2, -0.15) is 5.26 Å². The van der Waals surface area contributed by atoms with Crippen LogP contribution in [0, 0.1) is 11.3 Å². The van der Waals surface area contributed by atoms with Crippen molar-refractivity contribution in [3.63, 3.8) is 0 Å². The van der Waals surface area contributed by atoms with E-state index in [-0.39, 0.29) is 11.6 Å². The van der Waals surface area contributed by atoms with Crippen molar-refractivity contribution in [2.45, 2.75) is 6.54 Å². The molecule has 0 spiro atoms. The van der Waals surface area contributed by atoms with Crippen LogP contribution in [-0.4, -0.2) is 32.6 Å². The van der Waals surface area contributed by atoms with Crippen molar-refractivity contribution in [3.05, 3.63) is 70.9 Å². The molecule has 154 valence electrons. The van der Waals surface area contributed by atoms with Gasteiger partial charge in [-0.25, -0.2) is 9.19 Å². The lowest BCUT2D eigenvalue weighted by molar-refractivity contribution is 0.0956. The van der Waals surface area contributed by atoms with E-state index in [1.807, 2.05) is 29.2 Å². The summed E-state index contributed by atoms with van der Waals surface area (Å²) in [6.07, 6.45) is 0. The number of hydrogen-bond acceptors (Lipinski definition) is 7. The summed E-state index contributed by atoms with van der Waals surface area (Å²) in [4.78, 5) is 18.6. The molecule has 0 aliphatic heterocycles. The van der Waals surface area contributed by atoms with E-state index in [4.69, 9.17) is 14.6 Å². The van der Waals surface area contributed by atoms with Crippen molar-refractivity contribution in [2.24, 2.45) is 0 Å². The predicted octanol–water partition coefficient (Wildman–Crippen LogP) is 3.27. The molecule has 1 aromatic heterocycles. The second-order valence-corrected chi connectivity index (χ2v) is 7.80. The summed E-state index contributed by atoms with van der Waals surface area (Å²) in [6.45, 7) is 0.379. The third-order valence-corrected chi connectivity index (χ3v) is 5.43. The zero-order chi connectivity index (χ0) is 21.5. The molecule has 0 fully saturated rings. The molecule has 1 unspecified atom stereocenters. The van der Waals surface area contributed by atoms with Gasteiger partial charge >= 0.3 is 0 Å². The van der Waals surface area contributed by atoms with E-state index in [0.29, 0.717) is 22.9 Å². The lowest BCUT2D eigenvalue weighted by Gasteiger charge is -2.25. The fourth-order valence-corrected chi connectivity index (χ4v) is 3.87. The number of ether oxygens (including phenoxy) is 1. The van der Waals surface area contributed by atoms with Gasteiger partial charge in [0.2, 0.25) is 0 Å². The van der Waals surface area contributed by atoms with Crippen LogP contribution in [0.2, 0.25) is 0 Å². The van der Waals surface area contributed by atoms with Gasteiger partial charge in [0.15, 0.2) is 16.8 Å². The van der Waals surface area contributed by atoms with Crippen molar-refractivity contribution >= 4 is 39.0 Å². The van der Waals surface area contributed by atoms with Crippen LogP contribution in [0.4, 0.5) is 10.7 Å². The molecular weight excluding hydrogens is 424 g/mol. The average molecular weight is 443 g/mol. The number of aromatic nitrogens is 1. The van der Waals surface area contributed by atoms with Crippen molar-refractivity contribution in [2.75, 3.05) is 17.9 Å². The average Bonchev–Trinajstić information content (AvgIpc) is 3.25. The molecule has 10 heteroatoms. The van der Waals surface area contributed by atoms with Gasteiger partial charge < -0.3 is 19.5 Å². The van der Waals surface area contributed by atoms with Gasteiger partial charge in [-0.1, -0.05) is 18.2 Å². The van der Waals surface area contributed by atoms with Gasteiger partial charge in [-0.15, -0.1) is 11.3 Å². The molecule has 2 aromatic carbocycles. The molecule has 8 nitrogen and oxygen atoms in total. The molecule has 1 amide bonds. The maximum atomic E-state index is 12.5. The van der Waals surface area contributed by atoms with Crippen LogP contribution in [0.15, 0.2) is 54.0 Å². The van der Waals surface area contributed by atoms with Gasteiger partial charge in [-0.05, 0) is 30.3 Å². The number of anilines is 2. The van der Waals surface area contributed by atoms with E-state index < -0.39 is 17.0 Å². The zero-order valence-corrected chi connectivity index (χ0v) is 17.6. The SMILES string of the molecule is COc1ccccc1CN(c1ccc(C#N)cc1)c1scnc1C(=O)NCS(=O)O. The van der Waals surface area contributed by atoms with Gasteiger partial charge in [0.1, 0.15) is 16.6 Å². The Hall–Kier alpha value is -3.26. The van der Waals surface area contributed by atoms with Crippen molar-refractivity contribution in [1.29, 1.82) is 5.26 Å². The van der Waals surface area contributed by atoms with Gasteiger partial charge in [0.05, 0.1) is 30.8 Å². The fraction of sp³-hybridized carbons (Fsp3) is 0.150. The lowest BCUT2D eigenvalue weighted by atomic mass is 10.1. The molecule has 0 aliphatic carbocycles.